The van der Waals surface area contributed by atoms with Crippen molar-refractivity contribution in [1.82, 2.24) is 0 Å². The Morgan fingerprint density at radius 3 is 2.23 bits per heavy atom. The maximum Gasteiger partial charge on any atom is 0.236 e. The van der Waals surface area contributed by atoms with Crippen LogP contribution in [0.3, 0.4) is 0 Å². The van der Waals surface area contributed by atoms with Gasteiger partial charge in [-0.15, -0.1) is 0 Å². The number of hydrogen-bond donors (Lipinski definition) is 0. The van der Waals surface area contributed by atoms with Crippen LogP contribution in [0.15, 0.2) is 46.2 Å². The highest BCUT2D eigenvalue weighted by atomic mass is 32.2. The number of hydrogen-bond acceptors (Lipinski definition) is 4. The third-order valence-electron chi connectivity index (χ3n) is 4.33. The first-order valence-corrected chi connectivity index (χ1v) is 10.4. The Bertz CT molecular complexity index is 842. The van der Waals surface area contributed by atoms with E-state index >= 15 is 0 Å². The van der Waals surface area contributed by atoms with E-state index in [0.717, 1.165) is 33.7 Å². The number of nitrogens with zero attached hydrogens (tertiary/aromatic N) is 1. The Morgan fingerprint density at radius 2 is 1.62 bits per heavy atom. The van der Waals surface area contributed by atoms with Gasteiger partial charge in [0.25, 0.3) is 0 Å². The lowest BCUT2D eigenvalue weighted by atomic mass is 9.97. The highest BCUT2D eigenvalue weighted by Crippen LogP contribution is 2.52. The van der Waals surface area contributed by atoms with Crippen molar-refractivity contribution in [2.75, 3.05) is 11.9 Å². The largest absolute Gasteiger partial charge is 0.408 e. The molecule has 0 atom stereocenters. The second-order valence-corrected chi connectivity index (χ2v) is 11.0. The number of benzene rings is 2. The molecule has 26 heavy (non-hydrogen) atoms. The van der Waals surface area contributed by atoms with Gasteiger partial charge in [-0.3, -0.25) is 4.79 Å². The molecule has 2 radical (unpaired) electrons. The van der Waals surface area contributed by atoms with Crippen molar-refractivity contribution >= 4 is 39.2 Å². The van der Waals surface area contributed by atoms with Crippen LogP contribution >= 0.6 is 11.8 Å². The summed E-state index contributed by atoms with van der Waals surface area (Å²) in [6.45, 7) is 10.8. The van der Waals surface area contributed by atoms with Crippen LogP contribution in [-0.2, 0) is 10.0 Å². The fraction of sp³-hybridized carbons (Fsp3) is 0.381. The number of carbonyl (C=O) groups is 1. The van der Waals surface area contributed by atoms with Crippen molar-refractivity contribution < 1.29 is 9.22 Å². The third kappa shape index (κ3) is 3.61. The van der Waals surface area contributed by atoms with Crippen molar-refractivity contribution in [3.05, 3.63) is 47.5 Å². The topological polar surface area (TPSA) is 29.5 Å². The lowest BCUT2D eigenvalue weighted by Crippen LogP contribution is -2.29. The quantitative estimate of drug-likeness (QED) is 0.491. The summed E-state index contributed by atoms with van der Waals surface area (Å²) in [6.07, 6.45) is 0.940. The Hall–Kier alpha value is -1.56. The van der Waals surface area contributed by atoms with E-state index in [9.17, 15) is 4.79 Å². The maximum absolute atomic E-state index is 11.5. The summed E-state index contributed by atoms with van der Waals surface area (Å²) >= 11 is 1.67. The van der Waals surface area contributed by atoms with Gasteiger partial charge in [0.05, 0.1) is 17.0 Å². The predicted molar refractivity (Wildman–Crippen MR) is 110 cm³/mol. The predicted octanol–water partition coefficient (Wildman–Crippen LogP) is 5.82. The van der Waals surface area contributed by atoms with Crippen molar-refractivity contribution in [3.8, 4) is 0 Å². The van der Waals surface area contributed by atoms with Crippen LogP contribution in [0, 0.1) is 0 Å². The molecule has 0 aliphatic carbocycles. The third-order valence-corrected chi connectivity index (χ3v) is 6.84. The first kappa shape index (κ1) is 19.2. The molecule has 1 heterocycles. The van der Waals surface area contributed by atoms with Gasteiger partial charge in [-0.25, -0.2) is 0 Å². The molecule has 0 N–H and O–H groups in total. The van der Waals surface area contributed by atoms with Crippen LogP contribution in [0.25, 0.3) is 0 Å². The van der Waals surface area contributed by atoms with Gasteiger partial charge < -0.3 is 9.33 Å². The normalized spacial score (nSPS) is 14.0. The second kappa shape index (κ2) is 6.87. The summed E-state index contributed by atoms with van der Waals surface area (Å²) in [6, 6.07) is 12.2. The SMILES string of the molecule is CN1c2cccc(C=O)c2Sc2c1cccc2C(C)(C)O[Si]C(C)(C)C. The Kier molecular flexibility index (Phi) is 5.08. The molecule has 0 aromatic heterocycles. The Balaban J connectivity index is 2.06. The van der Waals surface area contributed by atoms with E-state index in [0.29, 0.717) is 9.76 Å². The number of anilines is 2. The van der Waals surface area contributed by atoms with Crippen molar-refractivity contribution in [2.24, 2.45) is 0 Å². The van der Waals surface area contributed by atoms with Crippen LogP contribution in [0.2, 0.25) is 5.04 Å². The van der Waals surface area contributed by atoms with Gasteiger partial charge in [0.2, 0.25) is 9.76 Å². The molecule has 0 saturated carbocycles. The van der Waals surface area contributed by atoms with Gasteiger partial charge in [0, 0.05) is 22.4 Å². The monoisotopic (exact) mass is 383 g/mol. The average molecular weight is 384 g/mol. The molecule has 0 amide bonds. The smallest absolute Gasteiger partial charge is 0.236 e. The van der Waals surface area contributed by atoms with Crippen LogP contribution in [-0.4, -0.2) is 23.1 Å². The van der Waals surface area contributed by atoms with E-state index in [-0.39, 0.29) is 5.04 Å². The Labute approximate surface area is 163 Å². The fourth-order valence-corrected chi connectivity index (χ4v) is 5.10. The summed E-state index contributed by atoms with van der Waals surface area (Å²) in [5, 5.41) is 0.132. The maximum atomic E-state index is 11.5. The van der Waals surface area contributed by atoms with Gasteiger partial charge in [-0.05, 0) is 36.6 Å². The summed E-state index contributed by atoms with van der Waals surface area (Å²) in [5.41, 5.74) is 3.71. The zero-order valence-corrected chi connectivity index (χ0v) is 18.0. The average Bonchev–Trinajstić information content (AvgIpc) is 2.59. The lowest BCUT2D eigenvalue weighted by molar-refractivity contribution is 0.106. The number of carbonyl (C=O) groups excluding carboxylic acids is 1. The number of fused-ring (bicyclic) bond motifs is 2. The molecule has 2 aromatic rings. The zero-order chi connectivity index (χ0) is 19.1. The summed E-state index contributed by atoms with van der Waals surface area (Å²) in [5.74, 6) is 0. The fourth-order valence-electron chi connectivity index (χ4n) is 2.95. The standard InChI is InChI=1S/C21H25NO2SSi/c1-20(2,3)26-24-21(4,5)15-10-8-12-17-19(15)25-18-14(13-23)9-7-11-16(18)22(17)6/h7-13H,1-6H3. The first-order chi connectivity index (χ1) is 12.1. The van der Waals surface area contributed by atoms with E-state index in [4.69, 9.17) is 4.43 Å². The van der Waals surface area contributed by atoms with Crippen LogP contribution in [0.1, 0.15) is 50.5 Å². The molecule has 0 spiro atoms. The zero-order valence-electron chi connectivity index (χ0n) is 16.2. The molecule has 1 aliphatic heterocycles. The van der Waals surface area contributed by atoms with Gasteiger partial charge in [0.1, 0.15) is 0 Å². The molecule has 0 fully saturated rings. The molecule has 0 saturated heterocycles. The molecule has 2 aromatic carbocycles. The molecule has 1 aliphatic rings. The van der Waals surface area contributed by atoms with E-state index in [2.05, 4.69) is 70.8 Å². The van der Waals surface area contributed by atoms with E-state index in [1.807, 2.05) is 12.1 Å². The summed E-state index contributed by atoms with van der Waals surface area (Å²) in [4.78, 5) is 15.9. The van der Waals surface area contributed by atoms with Crippen LogP contribution in [0.4, 0.5) is 11.4 Å². The lowest BCUT2D eigenvalue weighted by Gasteiger charge is -2.36. The minimum absolute atomic E-state index is 0.132. The minimum atomic E-state index is -0.404. The summed E-state index contributed by atoms with van der Waals surface area (Å²) < 4.78 is 6.35. The molecular formula is C21H25NO2SSi. The molecular weight excluding hydrogens is 358 g/mol. The number of rotatable bonds is 4. The molecule has 136 valence electrons. The minimum Gasteiger partial charge on any atom is -0.408 e. The molecule has 0 bridgehead atoms. The summed E-state index contributed by atoms with van der Waals surface area (Å²) in [7, 11) is 2.46. The molecule has 0 unspecified atom stereocenters. The van der Waals surface area contributed by atoms with Crippen molar-refractivity contribution in [3.63, 3.8) is 0 Å². The Morgan fingerprint density at radius 1 is 1.00 bits per heavy atom. The van der Waals surface area contributed by atoms with Gasteiger partial charge in [-0.2, -0.15) is 0 Å². The first-order valence-electron chi connectivity index (χ1n) is 8.72. The number of aldehydes is 1. The second-order valence-electron chi connectivity index (χ2n) is 8.09. The molecule has 3 rings (SSSR count). The van der Waals surface area contributed by atoms with Crippen molar-refractivity contribution in [1.29, 1.82) is 0 Å². The van der Waals surface area contributed by atoms with Crippen molar-refractivity contribution in [2.45, 2.75) is 55.0 Å². The van der Waals surface area contributed by atoms with Gasteiger partial charge in [0.15, 0.2) is 6.29 Å². The van der Waals surface area contributed by atoms with E-state index in [1.54, 1.807) is 11.8 Å². The van der Waals surface area contributed by atoms with Gasteiger partial charge in [-0.1, -0.05) is 56.8 Å². The highest BCUT2D eigenvalue weighted by Gasteiger charge is 2.32. The molecule has 5 heteroatoms. The highest BCUT2D eigenvalue weighted by molar-refractivity contribution is 8.00. The molecule has 3 nitrogen and oxygen atoms in total. The van der Waals surface area contributed by atoms with E-state index in [1.165, 1.54) is 4.90 Å². The van der Waals surface area contributed by atoms with Crippen LogP contribution in [0.5, 0.6) is 0 Å². The van der Waals surface area contributed by atoms with Crippen LogP contribution < -0.4 is 4.90 Å². The van der Waals surface area contributed by atoms with Gasteiger partial charge >= 0.3 is 0 Å². The van der Waals surface area contributed by atoms with E-state index < -0.39 is 5.60 Å².